The Bertz CT molecular complexity index is 293. The van der Waals surface area contributed by atoms with Gasteiger partial charge in [-0.2, -0.15) is 0 Å². The van der Waals surface area contributed by atoms with Crippen LogP contribution in [0.25, 0.3) is 0 Å². The van der Waals surface area contributed by atoms with E-state index < -0.39 is 5.97 Å². The molecule has 4 heteroatoms. The molecule has 13 heavy (non-hydrogen) atoms. The smallest absolute Gasteiger partial charge is 0.338 e. The fraction of sp³-hybridized carbons (Fsp3) is 0.444. The second-order valence-corrected chi connectivity index (χ2v) is 3.29. The molecule has 0 unspecified atom stereocenters. The number of rotatable bonds is 3. The molecule has 70 valence electrons. The van der Waals surface area contributed by atoms with E-state index in [9.17, 15) is 4.79 Å². The monoisotopic (exact) mass is 180 g/mol. The second-order valence-electron chi connectivity index (χ2n) is 3.29. The van der Waals surface area contributed by atoms with Crippen molar-refractivity contribution in [2.45, 2.75) is 20.3 Å². The van der Waals surface area contributed by atoms with Crippen LogP contribution < -0.4 is 0 Å². The quantitative estimate of drug-likeness (QED) is 0.763. The van der Waals surface area contributed by atoms with Gasteiger partial charge in [-0.15, -0.1) is 0 Å². The van der Waals surface area contributed by atoms with Crippen LogP contribution in [0.4, 0.5) is 0 Å². The van der Waals surface area contributed by atoms with Gasteiger partial charge in [-0.1, -0.05) is 13.8 Å². The van der Waals surface area contributed by atoms with Crippen LogP contribution in [0.2, 0.25) is 0 Å². The molecule has 0 atom stereocenters. The summed E-state index contributed by atoms with van der Waals surface area (Å²) in [6.07, 6.45) is 3.46. The van der Waals surface area contributed by atoms with Crippen molar-refractivity contribution in [1.82, 2.24) is 9.97 Å². The lowest BCUT2D eigenvalue weighted by Gasteiger charge is -2.02. The second kappa shape index (κ2) is 3.98. The summed E-state index contributed by atoms with van der Waals surface area (Å²) >= 11 is 0. The minimum absolute atomic E-state index is 0.132. The highest BCUT2D eigenvalue weighted by molar-refractivity contribution is 5.86. The molecule has 4 nitrogen and oxygen atoms in total. The molecular weight excluding hydrogens is 168 g/mol. The number of aromatic nitrogens is 2. The third kappa shape index (κ3) is 2.82. The molecular formula is C9H12N2O2. The van der Waals surface area contributed by atoms with E-state index >= 15 is 0 Å². The third-order valence-electron chi connectivity index (χ3n) is 1.54. The maximum atomic E-state index is 10.5. The maximum absolute atomic E-state index is 10.5. The van der Waals surface area contributed by atoms with Crippen LogP contribution >= 0.6 is 0 Å². The summed E-state index contributed by atoms with van der Waals surface area (Å²) in [4.78, 5) is 18.4. The van der Waals surface area contributed by atoms with E-state index in [4.69, 9.17) is 5.11 Å². The van der Waals surface area contributed by atoms with E-state index in [1.54, 1.807) is 0 Å². The predicted octanol–water partition coefficient (Wildman–Crippen LogP) is 1.37. The molecule has 0 spiro atoms. The molecule has 0 aliphatic heterocycles. The van der Waals surface area contributed by atoms with Gasteiger partial charge < -0.3 is 5.11 Å². The highest BCUT2D eigenvalue weighted by atomic mass is 16.4. The molecule has 0 fully saturated rings. The van der Waals surface area contributed by atoms with Crippen LogP contribution in [0.5, 0.6) is 0 Å². The number of carboxylic acid groups (broad SMARTS) is 1. The lowest BCUT2D eigenvalue weighted by molar-refractivity contribution is 0.0696. The van der Waals surface area contributed by atoms with Crippen molar-refractivity contribution in [1.29, 1.82) is 0 Å². The molecule has 1 aromatic rings. The number of carbonyl (C=O) groups is 1. The molecule has 0 aromatic carbocycles. The third-order valence-corrected chi connectivity index (χ3v) is 1.54. The van der Waals surface area contributed by atoms with Crippen LogP contribution in [0, 0.1) is 5.92 Å². The van der Waals surface area contributed by atoms with E-state index in [0.29, 0.717) is 11.7 Å². The zero-order chi connectivity index (χ0) is 9.84. The minimum atomic E-state index is -0.990. The molecule has 1 aromatic heterocycles. The number of carboxylic acids is 1. The van der Waals surface area contributed by atoms with Crippen molar-refractivity contribution in [3.05, 3.63) is 23.8 Å². The summed E-state index contributed by atoms with van der Waals surface area (Å²) < 4.78 is 0. The number of hydrogen-bond acceptors (Lipinski definition) is 3. The zero-order valence-corrected chi connectivity index (χ0v) is 7.69. The Hall–Kier alpha value is -1.45. The van der Waals surface area contributed by atoms with Crippen LogP contribution in [0.1, 0.15) is 30.0 Å². The fourth-order valence-electron chi connectivity index (χ4n) is 0.936. The van der Waals surface area contributed by atoms with Crippen molar-refractivity contribution < 1.29 is 9.90 Å². The summed E-state index contributed by atoms with van der Waals surface area (Å²) in [6, 6.07) is 0. The Balaban J connectivity index is 2.75. The lowest BCUT2D eigenvalue weighted by Crippen LogP contribution is -2.04. The van der Waals surface area contributed by atoms with Crippen LogP contribution in [-0.2, 0) is 6.42 Å². The largest absolute Gasteiger partial charge is 0.478 e. The molecule has 0 radical (unpaired) electrons. The maximum Gasteiger partial charge on any atom is 0.338 e. The first kappa shape index (κ1) is 9.64. The van der Waals surface area contributed by atoms with Gasteiger partial charge in [-0.05, 0) is 5.92 Å². The topological polar surface area (TPSA) is 63.1 Å². The Morgan fingerprint density at radius 1 is 1.46 bits per heavy atom. The molecule has 0 aliphatic carbocycles. The first-order valence-electron chi connectivity index (χ1n) is 4.14. The lowest BCUT2D eigenvalue weighted by atomic mass is 10.1. The standard InChI is InChI=1S/C9H12N2O2/c1-6(2)3-8-10-4-7(5-11-8)9(12)13/h4-6H,3H2,1-2H3,(H,12,13). The predicted molar refractivity (Wildman–Crippen MR) is 47.5 cm³/mol. The van der Waals surface area contributed by atoms with Crippen molar-refractivity contribution >= 4 is 5.97 Å². The highest BCUT2D eigenvalue weighted by Crippen LogP contribution is 2.02. The Morgan fingerprint density at radius 3 is 2.38 bits per heavy atom. The molecule has 1 heterocycles. The minimum Gasteiger partial charge on any atom is -0.478 e. The van der Waals surface area contributed by atoms with Gasteiger partial charge in [-0.25, -0.2) is 14.8 Å². The molecule has 0 bridgehead atoms. The average molecular weight is 180 g/mol. The van der Waals surface area contributed by atoms with E-state index in [2.05, 4.69) is 23.8 Å². The summed E-state index contributed by atoms with van der Waals surface area (Å²) in [5.74, 6) is 0.187. The first-order chi connectivity index (χ1) is 6.09. The van der Waals surface area contributed by atoms with E-state index in [-0.39, 0.29) is 5.56 Å². The van der Waals surface area contributed by atoms with Gasteiger partial charge in [-0.3, -0.25) is 0 Å². The zero-order valence-electron chi connectivity index (χ0n) is 7.69. The molecule has 0 saturated carbocycles. The van der Waals surface area contributed by atoms with Gasteiger partial charge in [0.1, 0.15) is 5.82 Å². The molecule has 0 aliphatic rings. The molecule has 0 amide bonds. The number of nitrogens with zero attached hydrogens (tertiary/aromatic N) is 2. The Labute approximate surface area is 76.7 Å². The van der Waals surface area contributed by atoms with Crippen molar-refractivity contribution in [3.63, 3.8) is 0 Å². The summed E-state index contributed by atoms with van der Waals surface area (Å²) in [7, 11) is 0. The highest BCUT2D eigenvalue weighted by Gasteiger charge is 2.04. The molecule has 0 saturated heterocycles. The van der Waals surface area contributed by atoms with Crippen LogP contribution in [0.15, 0.2) is 12.4 Å². The van der Waals surface area contributed by atoms with E-state index in [1.165, 1.54) is 12.4 Å². The molecule has 1 N–H and O–H groups in total. The van der Waals surface area contributed by atoms with Crippen molar-refractivity contribution in [2.75, 3.05) is 0 Å². The van der Waals surface area contributed by atoms with Crippen LogP contribution in [-0.4, -0.2) is 21.0 Å². The van der Waals surface area contributed by atoms with Gasteiger partial charge in [0, 0.05) is 18.8 Å². The number of aromatic carboxylic acids is 1. The van der Waals surface area contributed by atoms with Gasteiger partial charge in [0.05, 0.1) is 5.56 Å². The van der Waals surface area contributed by atoms with Gasteiger partial charge in [0.25, 0.3) is 0 Å². The fourth-order valence-corrected chi connectivity index (χ4v) is 0.936. The Kier molecular flexibility index (Phi) is 2.95. The normalized spacial score (nSPS) is 10.4. The average Bonchev–Trinajstić information content (AvgIpc) is 2.04. The molecule has 1 rings (SSSR count). The van der Waals surface area contributed by atoms with Crippen LogP contribution in [0.3, 0.4) is 0 Å². The summed E-state index contributed by atoms with van der Waals surface area (Å²) in [6.45, 7) is 4.13. The van der Waals surface area contributed by atoms with E-state index in [1.807, 2.05) is 0 Å². The van der Waals surface area contributed by atoms with Gasteiger partial charge >= 0.3 is 5.97 Å². The van der Waals surface area contributed by atoms with Gasteiger partial charge in [0.2, 0.25) is 0 Å². The summed E-state index contributed by atoms with van der Waals surface area (Å²) in [5.41, 5.74) is 0.132. The van der Waals surface area contributed by atoms with Crippen molar-refractivity contribution in [3.8, 4) is 0 Å². The summed E-state index contributed by atoms with van der Waals surface area (Å²) in [5, 5.41) is 8.58. The number of hydrogen-bond donors (Lipinski definition) is 1. The van der Waals surface area contributed by atoms with E-state index in [0.717, 1.165) is 6.42 Å². The van der Waals surface area contributed by atoms with Crippen molar-refractivity contribution in [2.24, 2.45) is 5.92 Å². The Morgan fingerprint density at radius 2 is 2.00 bits per heavy atom. The first-order valence-corrected chi connectivity index (χ1v) is 4.14. The van der Waals surface area contributed by atoms with Gasteiger partial charge in [0.15, 0.2) is 0 Å². The SMILES string of the molecule is CC(C)Cc1ncc(C(=O)O)cn1.